The van der Waals surface area contributed by atoms with Crippen molar-refractivity contribution in [2.75, 3.05) is 13.2 Å². The number of aliphatic hydroxyl groups excluding tert-OH is 2. The number of nitrogens with two attached hydrogens (primary N) is 2. The lowest BCUT2D eigenvalue weighted by atomic mass is 10.1. The van der Waals surface area contributed by atoms with Crippen molar-refractivity contribution in [1.82, 2.24) is 4.90 Å². The van der Waals surface area contributed by atoms with E-state index in [1.165, 1.54) is 0 Å². The molecular weight excluding hydrogens is 292 g/mol. The smallest absolute Gasteiger partial charge is 0.0928 e. The first-order valence-electron chi connectivity index (χ1n) is 8.10. The number of amidine groups is 1. The molecule has 0 saturated carbocycles. The lowest BCUT2D eigenvalue weighted by Gasteiger charge is -2.24. The van der Waals surface area contributed by atoms with Gasteiger partial charge >= 0.3 is 0 Å². The molecule has 6 nitrogen and oxygen atoms in total. The molecule has 2 atom stereocenters. The van der Waals surface area contributed by atoms with Crippen LogP contribution in [0.5, 0.6) is 0 Å². The molecule has 0 saturated heterocycles. The molecule has 0 aliphatic heterocycles. The fourth-order valence-electron chi connectivity index (χ4n) is 2.45. The first-order valence-corrected chi connectivity index (χ1v) is 8.10. The summed E-state index contributed by atoms with van der Waals surface area (Å²) in [5.41, 5.74) is 13.7. The van der Waals surface area contributed by atoms with Gasteiger partial charge in [0.15, 0.2) is 0 Å². The number of aliphatic hydroxyl groups is 2. The van der Waals surface area contributed by atoms with Crippen molar-refractivity contribution in [1.29, 1.82) is 5.41 Å². The van der Waals surface area contributed by atoms with Gasteiger partial charge in [0.05, 0.1) is 18.5 Å². The quantitative estimate of drug-likeness (QED) is 0.248. The van der Waals surface area contributed by atoms with Crippen LogP contribution in [0, 0.1) is 5.41 Å². The standard InChI is InChI=1S/C17H30N4O2/c1-13(19)21(8-3-2-7-16(20)17(23)12-22)11-15-6-4-5-14(9-15)10-18/h4-6,9,16-17,19,22-23H,2-3,7-8,10-12,18,20H2,1H3/t16-,17?/m0/s1. The molecule has 0 heterocycles. The van der Waals surface area contributed by atoms with Crippen LogP contribution >= 0.6 is 0 Å². The fourth-order valence-corrected chi connectivity index (χ4v) is 2.45. The lowest BCUT2D eigenvalue weighted by Crippen LogP contribution is -2.37. The van der Waals surface area contributed by atoms with E-state index in [2.05, 4.69) is 6.07 Å². The molecule has 0 bridgehead atoms. The summed E-state index contributed by atoms with van der Waals surface area (Å²) in [4.78, 5) is 2.02. The maximum Gasteiger partial charge on any atom is 0.0928 e. The van der Waals surface area contributed by atoms with Gasteiger partial charge in [0.25, 0.3) is 0 Å². The second-order valence-corrected chi connectivity index (χ2v) is 5.94. The van der Waals surface area contributed by atoms with E-state index in [0.717, 1.165) is 30.5 Å². The second kappa shape index (κ2) is 10.3. The van der Waals surface area contributed by atoms with E-state index >= 15 is 0 Å². The molecule has 1 rings (SSSR count). The SMILES string of the molecule is CC(=N)N(CCCC[C@H](N)C(O)CO)Cc1cccc(CN)c1. The van der Waals surface area contributed by atoms with Gasteiger partial charge in [-0.25, -0.2) is 0 Å². The van der Waals surface area contributed by atoms with Gasteiger partial charge in [-0.05, 0) is 30.9 Å². The number of hydrogen-bond acceptors (Lipinski definition) is 5. The predicted octanol–water partition coefficient (Wildman–Crippen LogP) is 0.795. The van der Waals surface area contributed by atoms with Gasteiger partial charge in [0.1, 0.15) is 0 Å². The van der Waals surface area contributed by atoms with Crippen LogP contribution in [0.2, 0.25) is 0 Å². The Balaban J connectivity index is 2.45. The molecule has 6 heteroatoms. The average Bonchev–Trinajstić information content (AvgIpc) is 2.56. The van der Waals surface area contributed by atoms with Gasteiger partial charge in [-0.15, -0.1) is 0 Å². The third-order valence-electron chi connectivity index (χ3n) is 3.97. The Morgan fingerprint density at radius 2 is 2.00 bits per heavy atom. The van der Waals surface area contributed by atoms with Crippen LogP contribution < -0.4 is 11.5 Å². The third-order valence-corrected chi connectivity index (χ3v) is 3.97. The summed E-state index contributed by atoms with van der Waals surface area (Å²) in [7, 11) is 0. The number of hydrogen-bond donors (Lipinski definition) is 5. The molecule has 0 aliphatic carbocycles. The van der Waals surface area contributed by atoms with Crippen LogP contribution in [-0.2, 0) is 13.1 Å². The molecule has 0 amide bonds. The number of nitrogens with one attached hydrogen (secondary N) is 1. The lowest BCUT2D eigenvalue weighted by molar-refractivity contribution is 0.0710. The molecule has 0 aromatic heterocycles. The molecule has 0 aliphatic rings. The highest BCUT2D eigenvalue weighted by atomic mass is 16.3. The Morgan fingerprint density at radius 3 is 2.61 bits per heavy atom. The van der Waals surface area contributed by atoms with Gasteiger partial charge in [-0.2, -0.15) is 0 Å². The summed E-state index contributed by atoms with van der Waals surface area (Å²) in [6.07, 6.45) is 1.55. The minimum Gasteiger partial charge on any atom is -0.394 e. The molecular formula is C17H30N4O2. The first-order chi connectivity index (χ1) is 11.0. The number of rotatable bonds is 10. The number of benzene rings is 1. The van der Waals surface area contributed by atoms with Crippen LogP contribution in [0.3, 0.4) is 0 Å². The Hall–Kier alpha value is -1.47. The minimum atomic E-state index is -0.852. The van der Waals surface area contributed by atoms with Crippen molar-refractivity contribution in [3.8, 4) is 0 Å². The van der Waals surface area contributed by atoms with Gasteiger partial charge in [-0.1, -0.05) is 30.7 Å². The van der Waals surface area contributed by atoms with E-state index in [1.54, 1.807) is 6.92 Å². The normalized spacial score (nSPS) is 13.6. The van der Waals surface area contributed by atoms with Gasteiger partial charge in [0.2, 0.25) is 0 Å². The Kier molecular flexibility index (Phi) is 8.79. The maximum atomic E-state index is 9.44. The molecule has 130 valence electrons. The molecule has 23 heavy (non-hydrogen) atoms. The summed E-state index contributed by atoms with van der Waals surface area (Å²) in [5.74, 6) is 0.530. The summed E-state index contributed by atoms with van der Waals surface area (Å²) in [5, 5.41) is 26.2. The molecule has 1 unspecified atom stereocenters. The van der Waals surface area contributed by atoms with Gasteiger partial charge in [-0.3, -0.25) is 5.41 Å². The van der Waals surface area contributed by atoms with Crippen LogP contribution in [0.1, 0.15) is 37.3 Å². The molecule has 7 N–H and O–H groups in total. The Labute approximate surface area is 138 Å². The number of unbranched alkanes of at least 4 members (excludes halogenated alkanes) is 1. The van der Waals surface area contributed by atoms with E-state index in [1.807, 2.05) is 23.1 Å². The zero-order chi connectivity index (χ0) is 17.2. The fraction of sp³-hybridized carbons (Fsp3) is 0.588. The van der Waals surface area contributed by atoms with E-state index < -0.39 is 12.1 Å². The Morgan fingerprint density at radius 1 is 1.30 bits per heavy atom. The summed E-state index contributed by atoms with van der Waals surface area (Å²) in [6.45, 7) is 3.46. The number of nitrogens with zero attached hydrogens (tertiary/aromatic N) is 1. The van der Waals surface area contributed by atoms with Crippen molar-refractivity contribution in [3.63, 3.8) is 0 Å². The highest BCUT2D eigenvalue weighted by Crippen LogP contribution is 2.11. The van der Waals surface area contributed by atoms with Crippen LogP contribution in [0.15, 0.2) is 24.3 Å². The van der Waals surface area contributed by atoms with Crippen LogP contribution in [0.4, 0.5) is 0 Å². The average molecular weight is 322 g/mol. The highest BCUT2D eigenvalue weighted by molar-refractivity contribution is 5.76. The molecule has 1 aromatic carbocycles. The van der Waals surface area contributed by atoms with E-state index in [4.69, 9.17) is 22.0 Å². The second-order valence-electron chi connectivity index (χ2n) is 5.94. The molecule has 0 spiro atoms. The van der Waals surface area contributed by atoms with Crippen molar-refractivity contribution in [2.45, 2.75) is 51.4 Å². The van der Waals surface area contributed by atoms with Crippen LogP contribution in [0.25, 0.3) is 0 Å². The van der Waals surface area contributed by atoms with Gasteiger partial charge < -0.3 is 26.6 Å². The molecule has 0 fully saturated rings. The van der Waals surface area contributed by atoms with Crippen molar-refractivity contribution in [2.24, 2.45) is 11.5 Å². The molecule has 1 aromatic rings. The predicted molar refractivity (Wildman–Crippen MR) is 93.1 cm³/mol. The zero-order valence-corrected chi connectivity index (χ0v) is 13.9. The zero-order valence-electron chi connectivity index (χ0n) is 13.9. The maximum absolute atomic E-state index is 9.44. The monoisotopic (exact) mass is 322 g/mol. The third kappa shape index (κ3) is 7.09. The largest absolute Gasteiger partial charge is 0.394 e. The van der Waals surface area contributed by atoms with E-state index in [9.17, 15) is 5.11 Å². The Bertz CT molecular complexity index is 481. The van der Waals surface area contributed by atoms with E-state index in [0.29, 0.717) is 25.3 Å². The van der Waals surface area contributed by atoms with Crippen molar-refractivity contribution < 1.29 is 10.2 Å². The highest BCUT2D eigenvalue weighted by Gasteiger charge is 2.13. The summed E-state index contributed by atoms with van der Waals surface area (Å²) < 4.78 is 0. The van der Waals surface area contributed by atoms with Crippen molar-refractivity contribution in [3.05, 3.63) is 35.4 Å². The molecule has 0 radical (unpaired) electrons. The van der Waals surface area contributed by atoms with Crippen molar-refractivity contribution >= 4 is 5.84 Å². The van der Waals surface area contributed by atoms with E-state index in [-0.39, 0.29) is 6.61 Å². The van der Waals surface area contributed by atoms with Gasteiger partial charge in [0, 0.05) is 25.7 Å². The topological polar surface area (TPSA) is 120 Å². The summed E-state index contributed by atoms with van der Waals surface area (Å²) in [6, 6.07) is 7.71. The minimum absolute atomic E-state index is 0.301. The van der Waals surface area contributed by atoms with Crippen LogP contribution in [-0.4, -0.2) is 46.2 Å². The first kappa shape index (κ1) is 19.6. The summed E-state index contributed by atoms with van der Waals surface area (Å²) >= 11 is 0.